The molecule has 1 fully saturated rings. The number of pyridine rings is 1. The number of nitrogens with zero attached hydrogens (tertiary/aromatic N) is 5. The highest BCUT2D eigenvalue weighted by molar-refractivity contribution is 5.94. The number of methoxy groups -OCH3 is 1. The molecule has 36 heavy (non-hydrogen) atoms. The molecule has 0 saturated carbocycles. The summed E-state index contributed by atoms with van der Waals surface area (Å²) >= 11 is 0. The fourth-order valence-corrected chi connectivity index (χ4v) is 4.47. The van der Waals surface area contributed by atoms with Crippen molar-refractivity contribution in [3.63, 3.8) is 0 Å². The van der Waals surface area contributed by atoms with Gasteiger partial charge in [-0.1, -0.05) is 18.1 Å². The predicted molar refractivity (Wildman–Crippen MR) is 135 cm³/mol. The fourth-order valence-electron chi connectivity index (χ4n) is 4.47. The van der Waals surface area contributed by atoms with Crippen LogP contribution in [0.3, 0.4) is 0 Å². The number of hydrogen-bond acceptors (Lipinski definition) is 7. The molecule has 1 atom stereocenters. The Morgan fingerprint density at radius 3 is 2.75 bits per heavy atom. The van der Waals surface area contributed by atoms with E-state index in [4.69, 9.17) is 20.2 Å². The minimum Gasteiger partial charge on any atom is -0.497 e. The molecule has 1 saturated heterocycles. The van der Waals surface area contributed by atoms with E-state index in [1.807, 2.05) is 40.9 Å². The van der Waals surface area contributed by atoms with Crippen LogP contribution in [0.15, 0.2) is 55.0 Å². The van der Waals surface area contributed by atoms with Crippen LogP contribution in [0.5, 0.6) is 11.6 Å². The average molecular weight is 483 g/mol. The SMILES string of the molecule is CC#CC(=O)N1CCC[C@H]1c1nc(-c2ccc(OCc3ccc(OC)cc3)nc2)c2c(N)nccn12. The number of amides is 1. The zero-order valence-electron chi connectivity index (χ0n) is 20.1. The summed E-state index contributed by atoms with van der Waals surface area (Å²) in [4.78, 5) is 28.1. The number of benzene rings is 1. The lowest BCUT2D eigenvalue weighted by atomic mass is 10.2. The summed E-state index contributed by atoms with van der Waals surface area (Å²) < 4.78 is 13.0. The van der Waals surface area contributed by atoms with Crippen LogP contribution >= 0.6 is 0 Å². The Bertz CT molecular complexity index is 1450. The molecule has 9 heteroatoms. The lowest BCUT2D eigenvalue weighted by Gasteiger charge is -2.21. The third-order valence-electron chi connectivity index (χ3n) is 6.21. The summed E-state index contributed by atoms with van der Waals surface area (Å²) in [5, 5.41) is 0. The summed E-state index contributed by atoms with van der Waals surface area (Å²) in [6, 6.07) is 11.2. The fraction of sp³-hybridized carbons (Fsp3) is 0.259. The van der Waals surface area contributed by atoms with Gasteiger partial charge in [0.15, 0.2) is 0 Å². The van der Waals surface area contributed by atoms with Gasteiger partial charge in [-0.05, 0) is 49.4 Å². The Kier molecular flexibility index (Phi) is 6.41. The Hall–Kier alpha value is -4.58. The van der Waals surface area contributed by atoms with E-state index < -0.39 is 0 Å². The van der Waals surface area contributed by atoms with Gasteiger partial charge in [0, 0.05) is 36.8 Å². The largest absolute Gasteiger partial charge is 0.497 e. The lowest BCUT2D eigenvalue weighted by molar-refractivity contribution is -0.126. The maximum Gasteiger partial charge on any atom is 0.299 e. The molecule has 1 amide bonds. The van der Waals surface area contributed by atoms with Gasteiger partial charge in [-0.3, -0.25) is 9.20 Å². The second-order valence-electron chi connectivity index (χ2n) is 8.40. The molecule has 0 unspecified atom stereocenters. The number of aromatic nitrogens is 4. The number of anilines is 1. The van der Waals surface area contributed by atoms with E-state index in [0.717, 1.165) is 35.5 Å². The Morgan fingerprint density at radius 1 is 1.19 bits per heavy atom. The van der Waals surface area contributed by atoms with Gasteiger partial charge in [0.1, 0.15) is 35.2 Å². The molecule has 0 radical (unpaired) electrons. The van der Waals surface area contributed by atoms with E-state index in [-0.39, 0.29) is 11.9 Å². The Labute approximate surface area is 208 Å². The highest BCUT2D eigenvalue weighted by Crippen LogP contribution is 2.36. The van der Waals surface area contributed by atoms with Crippen molar-refractivity contribution in [3.8, 4) is 34.7 Å². The molecule has 5 rings (SSSR count). The second kappa shape index (κ2) is 9.96. The monoisotopic (exact) mass is 482 g/mol. The third kappa shape index (κ3) is 4.41. The van der Waals surface area contributed by atoms with Crippen LogP contribution in [0.25, 0.3) is 16.8 Å². The van der Waals surface area contributed by atoms with Crippen molar-refractivity contribution in [2.45, 2.75) is 32.4 Å². The van der Waals surface area contributed by atoms with Crippen LogP contribution in [0.4, 0.5) is 5.82 Å². The minimum absolute atomic E-state index is 0.193. The Morgan fingerprint density at radius 2 is 2.03 bits per heavy atom. The predicted octanol–water partition coefficient (Wildman–Crippen LogP) is 3.65. The van der Waals surface area contributed by atoms with Crippen molar-refractivity contribution in [2.24, 2.45) is 0 Å². The van der Waals surface area contributed by atoms with Crippen LogP contribution < -0.4 is 15.2 Å². The summed E-state index contributed by atoms with van der Waals surface area (Å²) in [6.07, 6.45) is 6.85. The molecule has 4 heterocycles. The molecule has 0 spiro atoms. The maximum atomic E-state index is 12.6. The average Bonchev–Trinajstić information content (AvgIpc) is 3.54. The molecule has 0 bridgehead atoms. The van der Waals surface area contributed by atoms with E-state index >= 15 is 0 Å². The molecule has 3 aromatic heterocycles. The zero-order valence-corrected chi connectivity index (χ0v) is 20.1. The number of hydrogen-bond donors (Lipinski definition) is 1. The van der Waals surface area contributed by atoms with Crippen molar-refractivity contribution in [2.75, 3.05) is 19.4 Å². The number of imidazole rings is 1. The molecule has 2 N–H and O–H groups in total. The number of fused-ring (bicyclic) bond motifs is 1. The molecule has 9 nitrogen and oxygen atoms in total. The molecule has 1 aromatic carbocycles. The third-order valence-corrected chi connectivity index (χ3v) is 6.21. The van der Waals surface area contributed by atoms with Gasteiger partial charge in [-0.2, -0.15) is 0 Å². The molecular weight excluding hydrogens is 456 g/mol. The number of nitrogens with two attached hydrogens (primary N) is 1. The quantitative estimate of drug-likeness (QED) is 0.418. The van der Waals surface area contributed by atoms with Crippen LogP contribution in [-0.4, -0.2) is 43.8 Å². The van der Waals surface area contributed by atoms with Crippen molar-refractivity contribution in [3.05, 3.63) is 66.4 Å². The van der Waals surface area contributed by atoms with E-state index in [1.165, 1.54) is 0 Å². The Balaban J connectivity index is 1.43. The van der Waals surface area contributed by atoms with Crippen molar-refractivity contribution in [1.29, 1.82) is 0 Å². The van der Waals surface area contributed by atoms with Gasteiger partial charge < -0.3 is 20.1 Å². The van der Waals surface area contributed by atoms with Gasteiger partial charge in [0.25, 0.3) is 5.91 Å². The topological polar surface area (TPSA) is 108 Å². The van der Waals surface area contributed by atoms with E-state index in [0.29, 0.717) is 36.1 Å². The number of carbonyl (C=O) groups is 1. The second-order valence-corrected chi connectivity index (χ2v) is 8.40. The van der Waals surface area contributed by atoms with Crippen molar-refractivity contribution < 1.29 is 14.3 Å². The lowest BCUT2D eigenvalue weighted by Crippen LogP contribution is -2.30. The number of carbonyl (C=O) groups excluding carboxylic acids is 1. The summed E-state index contributed by atoms with van der Waals surface area (Å²) in [6.45, 7) is 2.69. The van der Waals surface area contributed by atoms with Crippen molar-refractivity contribution in [1.82, 2.24) is 24.3 Å². The van der Waals surface area contributed by atoms with Crippen LogP contribution in [0.2, 0.25) is 0 Å². The van der Waals surface area contributed by atoms with Gasteiger partial charge in [0.2, 0.25) is 5.88 Å². The first-order valence-electron chi connectivity index (χ1n) is 11.7. The van der Waals surface area contributed by atoms with Crippen molar-refractivity contribution >= 4 is 17.2 Å². The van der Waals surface area contributed by atoms with Gasteiger partial charge in [0.05, 0.1) is 13.2 Å². The van der Waals surface area contributed by atoms with Crippen LogP contribution in [0, 0.1) is 11.8 Å². The van der Waals surface area contributed by atoms with E-state index in [1.54, 1.807) is 37.4 Å². The first-order valence-corrected chi connectivity index (χ1v) is 11.7. The maximum absolute atomic E-state index is 12.6. The summed E-state index contributed by atoms with van der Waals surface area (Å²) in [5.41, 5.74) is 9.41. The molecule has 4 aromatic rings. The van der Waals surface area contributed by atoms with Gasteiger partial charge in [-0.25, -0.2) is 15.0 Å². The van der Waals surface area contributed by atoms with E-state index in [2.05, 4.69) is 21.8 Å². The molecule has 1 aliphatic heterocycles. The number of likely N-dealkylation sites (tertiary alicyclic amines) is 1. The highest BCUT2D eigenvalue weighted by Gasteiger charge is 2.33. The smallest absolute Gasteiger partial charge is 0.299 e. The van der Waals surface area contributed by atoms with Crippen LogP contribution in [-0.2, 0) is 11.4 Å². The van der Waals surface area contributed by atoms with Crippen LogP contribution in [0.1, 0.15) is 37.2 Å². The molecule has 1 aliphatic rings. The van der Waals surface area contributed by atoms with E-state index in [9.17, 15) is 4.79 Å². The minimum atomic E-state index is -0.194. The molecule has 182 valence electrons. The first-order chi connectivity index (χ1) is 17.6. The molecular formula is C27H26N6O3. The highest BCUT2D eigenvalue weighted by atomic mass is 16.5. The van der Waals surface area contributed by atoms with Gasteiger partial charge >= 0.3 is 0 Å². The standard InChI is InChI=1S/C27H26N6O3/c1-3-5-23(34)32-14-4-6-21(32)27-31-24(25-26(28)29-13-15-33(25)27)19-9-12-22(30-16-19)36-17-18-7-10-20(35-2)11-8-18/h7-13,15-16,21H,4,6,14,17H2,1-2H3,(H2,28,29)/t21-/m0/s1. The number of nitrogen functional groups attached to an aromatic ring is 1. The first kappa shape index (κ1) is 23.2. The number of ether oxygens (including phenoxy) is 2. The van der Waals surface area contributed by atoms with Gasteiger partial charge in [-0.15, -0.1) is 0 Å². The zero-order chi connectivity index (χ0) is 25.1. The normalized spacial score (nSPS) is 14.9. The molecule has 0 aliphatic carbocycles. The summed E-state index contributed by atoms with van der Waals surface area (Å²) in [5.74, 6) is 7.54. The number of rotatable bonds is 6. The summed E-state index contributed by atoms with van der Waals surface area (Å²) in [7, 11) is 1.64.